The maximum atomic E-state index is 14.4. The molecule has 344 valence electrons. The molecule has 1 aromatic carbocycles. The van der Waals surface area contributed by atoms with Crippen molar-refractivity contribution >= 4 is 11.8 Å². The molecule has 0 amide bonds. The van der Waals surface area contributed by atoms with E-state index in [1.807, 2.05) is 53.1 Å². The molecule has 3 fully saturated rings. The van der Waals surface area contributed by atoms with Gasteiger partial charge in [0.1, 0.15) is 23.6 Å². The van der Waals surface area contributed by atoms with E-state index in [4.69, 9.17) is 33.2 Å². The number of rotatable bonds is 11. The van der Waals surface area contributed by atoms with Gasteiger partial charge in [0.2, 0.25) is 0 Å². The van der Waals surface area contributed by atoms with Crippen molar-refractivity contribution in [2.45, 2.75) is 186 Å². The second kappa shape index (κ2) is 20.6. The molecule has 0 aliphatic carbocycles. The molecule has 0 bridgehead atoms. The van der Waals surface area contributed by atoms with Gasteiger partial charge in [-0.2, -0.15) is 0 Å². The SMILES string of the molecule is CC[C@H]1OC(=O)[C@H](C)[C@@H](O[C@H]2C[C@@](C)(OC)[C@@H](O)[C@H](C)O2)[C@H](C)[C@@H](O[C@@H]2O[C@H](C)C[C@@H](N(C)Cc3ccccc3)[C@@H]2N(C)C)[C@@](C)(OC)C[C@@H](C)C(=O)[C@H](C)[C@@H](O)[C@]1(C)O. The molecule has 0 radical (unpaired) electrons. The number of carbonyl (C=O) groups is 2. The number of ketones is 1. The zero-order chi connectivity index (χ0) is 45.1. The zero-order valence-corrected chi connectivity index (χ0v) is 39.0. The molecule has 14 nitrogen and oxygen atoms in total. The van der Waals surface area contributed by atoms with Crippen molar-refractivity contribution in [1.82, 2.24) is 9.80 Å². The summed E-state index contributed by atoms with van der Waals surface area (Å²) in [7, 11) is 9.24. The van der Waals surface area contributed by atoms with Crippen LogP contribution in [0.4, 0.5) is 0 Å². The Morgan fingerprint density at radius 1 is 0.833 bits per heavy atom. The average molecular weight is 851 g/mol. The number of aliphatic hydroxyl groups is 3. The smallest absolute Gasteiger partial charge is 0.311 e. The van der Waals surface area contributed by atoms with Crippen LogP contribution in [0.25, 0.3) is 0 Å². The minimum absolute atomic E-state index is 0.00871. The first kappa shape index (κ1) is 50.6. The Hall–Kier alpha value is -2.08. The summed E-state index contributed by atoms with van der Waals surface area (Å²) in [6.07, 6.45) is -6.82. The van der Waals surface area contributed by atoms with Gasteiger partial charge < -0.3 is 53.4 Å². The Labute approximate surface area is 359 Å². The van der Waals surface area contributed by atoms with Gasteiger partial charge in [-0.1, -0.05) is 58.0 Å². The van der Waals surface area contributed by atoms with Gasteiger partial charge in [-0.05, 0) is 87.5 Å². The third-order valence-electron chi connectivity index (χ3n) is 14.0. The van der Waals surface area contributed by atoms with Gasteiger partial charge in [-0.3, -0.25) is 14.5 Å². The number of hydrogen-bond acceptors (Lipinski definition) is 14. The molecule has 60 heavy (non-hydrogen) atoms. The number of hydrogen-bond donors (Lipinski definition) is 3. The Morgan fingerprint density at radius 2 is 1.45 bits per heavy atom. The highest BCUT2D eigenvalue weighted by Gasteiger charge is 2.54. The minimum Gasteiger partial charge on any atom is -0.459 e. The van der Waals surface area contributed by atoms with E-state index in [1.54, 1.807) is 48.7 Å². The third kappa shape index (κ3) is 11.0. The van der Waals surface area contributed by atoms with E-state index in [1.165, 1.54) is 19.6 Å². The van der Waals surface area contributed by atoms with Crippen LogP contribution in [-0.4, -0.2) is 156 Å². The molecule has 3 heterocycles. The number of Topliss-reactive ketones (excluding diaryl/α,β-unsaturated/α-hetero) is 1. The largest absolute Gasteiger partial charge is 0.459 e. The first-order chi connectivity index (χ1) is 28.0. The third-order valence-corrected chi connectivity index (χ3v) is 14.0. The lowest BCUT2D eigenvalue weighted by Crippen LogP contribution is -2.64. The summed E-state index contributed by atoms with van der Waals surface area (Å²) in [4.78, 5) is 33.1. The highest BCUT2D eigenvalue weighted by atomic mass is 16.7. The van der Waals surface area contributed by atoms with Crippen LogP contribution < -0.4 is 0 Å². The monoisotopic (exact) mass is 851 g/mol. The van der Waals surface area contributed by atoms with Crippen molar-refractivity contribution in [2.24, 2.45) is 23.7 Å². The molecule has 0 aromatic heterocycles. The first-order valence-corrected chi connectivity index (χ1v) is 21.9. The quantitative estimate of drug-likeness (QED) is 0.265. The van der Waals surface area contributed by atoms with Crippen molar-refractivity contribution in [2.75, 3.05) is 35.4 Å². The van der Waals surface area contributed by atoms with Crippen LogP contribution in [-0.2, 0) is 49.3 Å². The summed E-state index contributed by atoms with van der Waals surface area (Å²) in [6, 6.07) is 10.1. The maximum Gasteiger partial charge on any atom is 0.311 e. The summed E-state index contributed by atoms with van der Waals surface area (Å²) >= 11 is 0. The fourth-order valence-electron chi connectivity index (χ4n) is 10.1. The number of likely N-dealkylation sites (N-methyl/N-ethyl adjacent to an activating group) is 2. The van der Waals surface area contributed by atoms with Gasteiger partial charge in [0.25, 0.3) is 0 Å². The molecule has 3 saturated heterocycles. The lowest BCUT2D eigenvalue weighted by Gasteiger charge is -2.51. The lowest BCUT2D eigenvalue weighted by molar-refractivity contribution is -0.314. The summed E-state index contributed by atoms with van der Waals surface area (Å²) in [5, 5.41) is 34.4. The zero-order valence-electron chi connectivity index (χ0n) is 39.0. The molecule has 0 saturated carbocycles. The molecule has 4 rings (SSSR count). The lowest BCUT2D eigenvalue weighted by atomic mass is 9.73. The Kier molecular flexibility index (Phi) is 17.4. The summed E-state index contributed by atoms with van der Waals surface area (Å²) < 4.78 is 45.6. The standard InChI is InChI=1S/C46H78N2O12/c1-16-34-46(10,53)39(50)28(4)37(49)26(2)23-45(9,55-15)41(29(5)38(30(6)42(52)58-34)59-35-24-44(8,54-14)40(51)31(7)57-35)60-43-36(47(11)12)33(22-27(3)56-43)48(13)25-32-20-18-17-19-21-32/h17-21,26-31,33-36,38-41,43,50-51,53H,16,22-25H2,1-15H3/t26-,27-,28+,29+,30-,31+,33-,34-,35+,36+,38+,39-,40+,41-,43+,44-,45+,46-/m1/s1. The van der Waals surface area contributed by atoms with Crippen LogP contribution in [0, 0.1) is 23.7 Å². The molecule has 3 aliphatic heterocycles. The molecule has 3 aliphatic rings. The second-order valence-corrected chi connectivity index (χ2v) is 19.0. The van der Waals surface area contributed by atoms with E-state index in [0.717, 1.165) is 6.42 Å². The topological polar surface area (TPSA) is 166 Å². The highest BCUT2D eigenvalue weighted by Crippen LogP contribution is 2.42. The number of benzene rings is 1. The average Bonchev–Trinajstić information content (AvgIpc) is 3.20. The van der Waals surface area contributed by atoms with Gasteiger partial charge in [-0.15, -0.1) is 0 Å². The Bertz CT molecular complexity index is 1530. The van der Waals surface area contributed by atoms with Gasteiger partial charge in [0.15, 0.2) is 12.6 Å². The van der Waals surface area contributed by atoms with Crippen molar-refractivity contribution < 1.29 is 58.1 Å². The number of cyclic esters (lactones) is 1. The van der Waals surface area contributed by atoms with Crippen LogP contribution in [0.1, 0.15) is 100 Å². The highest BCUT2D eigenvalue weighted by molar-refractivity contribution is 5.83. The Balaban J connectivity index is 1.88. The van der Waals surface area contributed by atoms with Crippen LogP contribution in [0.5, 0.6) is 0 Å². The van der Waals surface area contributed by atoms with Crippen molar-refractivity contribution in [3.05, 3.63) is 35.9 Å². The van der Waals surface area contributed by atoms with Crippen LogP contribution >= 0.6 is 0 Å². The molecule has 14 heteroatoms. The van der Waals surface area contributed by atoms with Crippen molar-refractivity contribution in [3.8, 4) is 0 Å². The number of methoxy groups -OCH3 is 2. The normalized spacial score (nSPS) is 44.1. The van der Waals surface area contributed by atoms with Gasteiger partial charge >= 0.3 is 5.97 Å². The molecule has 18 atom stereocenters. The summed E-state index contributed by atoms with van der Waals surface area (Å²) in [5.41, 5.74) is -3.00. The molecular weight excluding hydrogens is 773 g/mol. The van der Waals surface area contributed by atoms with Gasteiger partial charge in [-0.25, -0.2) is 0 Å². The fourth-order valence-corrected chi connectivity index (χ4v) is 10.1. The number of esters is 1. The van der Waals surface area contributed by atoms with E-state index >= 15 is 0 Å². The van der Waals surface area contributed by atoms with E-state index in [9.17, 15) is 24.9 Å². The predicted octanol–water partition coefficient (Wildman–Crippen LogP) is 4.58. The summed E-state index contributed by atoms with van der Waals surface area (Å²) in [5.74, 6) is -4.26. The minimum atomic E-state index is -1.96. The van der Waals surface area contributed by atoms with E-state index in [-0.39, 0.29) is 43.2 Å². The number of nitrogens with zero attached hydrogens (tertiary/aromatic N) is 2. The van der Waals surface area contributed by atoms with E-state index in [0.29, 0.717) is 6.54 Å². The number of ether oxygens (including phenoxy) is 7. The van der Waals surface area contributed by atoms with Crippen LogP contribution in [0.15, 0.2) is 30.3 Å². The first-order valence-electron chi connectivity index (χ1n) is 21.9. The fraction of sp³-hybridized carbons (Fsp3) is 0.826. The molecule has 1 aromatic rings. The number of carbonyl (C=O) groups excluding carboxylic acids is 2. The van der Waals surface area contributed by atoms with Gasteiger partial charge in [0, 0.05) is 51.0 Å². The molecule has 0 spiro atoms. The molecular formula is C46H78N2O12. The van der Waals surface area contributed by atoms with Crippen LogP contribution in [0.2, 0.25) is 0 Å². The second-order valence-electron chi connectivity index (χ2n) is 19.0. The van der Waals surface area contributed by atoms with Gasteiger partial charge in [0.05, 0.1) is 53.7 Å². The van der Waals surface area contributed by atoms with Crippen molar-refractivity contribution in [1.29, 1.82) is 0 Å². The molecule has 3 N–H and O–H groups in total. The van der Waals surface area contributed by atoms with Crippen molar-refractivity contribution in [3.63, 3.8) is 0 Å². The summed E-state index contributed by atoms with van der Waals surface area (Å²) in [6.45, 7) is 18.3. The molecule has 0 unspecified atom stereocenters. The predicted molar refractivity (Wildman–Crippen MR) is 227 cm³/mol. The number of aliphatic hydroxyl groups excluding tert-OH is 2. The maximum absolute atomic E-state index is 14.4. The van der Waals surface area contributed by atoms with Crippen LogP contribution in [0.3, 0.4) is 0 Å². The Morgan fingerprint density at radius 3 is 2.02 bits per heavy atom. The van der Waals surface area contributed by atoms with E-state index in [2.05, 4.69) is 29.0 Å². The van der Waals surface area contributed by atoms with E-state index < -0.39 is 95.6 Å².